The first-order chi connectivity index (χ1) is 24.8. The number of carbonyl (C=O) groups is 5. The van der Waals surface area contributed by atoms with Gasteiger partial charge in [0.1, 0.15) is 17.9 Å². The molecule has 1 fully saturated rings. The molecule has 4 amide bonds. The summed E-state index contributed by atoms with van der Waals surface area (Å²) in [4.78, 5) is 73.7. The first kappa shape index (κ1) is 41.9. The molecule has 1 aliphatic rings. The summed E-state index contributed by atoms with van der Waals surface area (Å²) >= 11 is 0. The van der Waals surface area contributed by atoms with Crippen LogP contribution in [-0.4, -0.2) is 95.3 Å². The Bertz CT molecular complexity index is 1420. The number of carbonyl (C=O) groups excluding carboxylic acids is 5. The number of aromatic nitrogens is 2. The number of nitrogens with one attached hydrogen (secondary N) is 5. The molecule has 0 spiro atoms. The molecule has 1 aliphatic carbocycles. The maximum Gasteiger partial charge on any atom is 0.407 e. The predicted molar refractivity (Wildman–Crippen MR) is 193 cm³/mol. The second-order valence-corrected chi connectivity index (χ2v) is 14.1. The van der Waals surface area contributed by atoms with Gasteiger partial charge in [-0.25, -0.2) is 19.6 Å². The van der Waals surface area contributed by atoms with Gasteiger partial charge in [0.05, 0.1) is 38.6 Å². The van der Waals surface area contributed by atoms with E-state index in [1.807, 2.05) is 0 Å². The summed E-state index contributed by atoms with van der Waals surface area (Å²) in [6.07, 6.45) is 5.65. The fourth-order valence-electron chi connectivity index (χ4n) is 6.54. The molecule has 288 valence electrons. The van der Waals surface area contributed by atoms with Gasteiger partial charge in [-0.3, -0.25) is 19.8 Å². The predicted octanol–water partition coefficient (Wildman–Crippen LogP) is 3.42. The molecule has 1 aromatic carbocycles. The second kappa shape index (κ2) is 21.1. The Morgan fingerprint density at radius 2 is 1.48 bits per heavy atom. The summed E-state index contributed by atoms with van der Waals surface area (Å²) in [6.45, 7) is 7.43. The van der Waals surface area contributed by atoms with Crippen molar-refractivity contribution in [1.29, 1.82) is 0 Å². The molecular weight excluding hydrogens is 670 g/mol. The van der Waals surface area contributed by atoms with Crippen LogP contribution in [0.25, 0.3) is 0 Å². The molecule has 2 aromatic rings. The Morgan fingerprint density at radius 1 is 0.885 bits per heavy atom. The van der Waals surface area contributed by atoms with Crippen molar-refractivity contribution in [3.05, 3.63) is 54.1 Å². The molecule has 15 nitrogen and oxygen atoms in total. The summed E-state index contributed by atoms with van der Waals surface area (Å²) in [5.41, 5.74) is 4.18. The third-order valence-electron chi connectivity index (χ3n) is 9.54. The van der Waals surface area contributed by atoms with Crippen LogP contribution >= 0.6 is 0 Å². The molecule has 1 saturated carbocycles. The van der Waals surface area contributed by atoms with Crippen LogP contribution in [0.3, 0.4) is 0 Å². The number of alkyl carbamates (subject to hydrolysis) is 2. The Balaban J connectivity index is 2.08. The molecule has 0 bridgehead atoms. The zero-order valence-corrected chi connectivity index (χ0v) is 31.2. The molecular formula is C37H57N7O8. The van der Waals surface area contributed by atoms with E-state index in [1.54, 1.807) is 69.2 Å². The van der Waals surface area contributed by atoms with Crippen LogP contribution in [0.4, 0.5) is 9.59 Å². The molecule has 3 unspecified atom stereocenters. The molecule has 6 N–H and O–H groups in total. The number of benzene rings is 1. The van der Waals surface area contributed by atoms with Gasteiger partial charge in [-0.05, 0) is 42.6 Å². The highest BCUT2D eigenvalue weighted by Crippen LogP contribution is 2.28. The quantitative estimate of drug-likeness (QED) is 0.116. The number of hydrazine groups is 1. The average molecular weight is 728 g/mol. The molecule has 52 heavy (non-hydrogen) atoms. The monoisotopic (exact) mass is 727 g/mol. The summed E-state index contributed by atoms with van der Waals surface area (Å²) in [5, 5.41) is 21.8. The van der Waals surface area contributed by atoms with Crippen LogP contribution in [0.15, 0.2) is 42.9 Å². The van der Waals surface area contributed by atoms with Crippen molar-refractivity contribution in [3.8, 4) is 0 Å². The Kier molecular flexibility index (Phi) is 17.0. The van der Waals surface area contributed by atoms with E-state index in [2.05, 4.69) is 31.3 Å². The number of aryl methyl sites for hydroxylation is 1. The average Bonchev–Trinajstić information content (AvgIpc) is 3.66. The number of amides is 4. The van der Waals surface area contributed by atoms with Gasteiger partial charge in [0.2, 0.25) is 5.91 Å². The van der Waals surface area contributed by atoms with Gasteiger partial charge in [-0.15, -0.1) is 0 Å². The van der Waals surface area contributed by atoms with Gasteiger partial charge in [-0.1, -0.05) is 77.3 Å². The van der Waals surface area contributed by atoms with Crippen LogP contribution < -0.4 is 21.4 Å². The number of Topliss-reactive ketones (excluding diaryl/α,β-unsaturated/α-hetero) is 1. The number of hydrogen-bond donors (Lipinski definition) is 6. The molecule has 5 atom stereocenters. The van der Waals surface area contributed by atoms with Crippen molar-refractivity contribution < 1.29 is 38.6 Å². The number of imidazole rings is 1. The zero-order chi connectivity index (χ0) is 38.2. The lowest BCUT2D eigenvalue weighted by Crippen LogP contribution is -2.60. The number of aromatic amines is 1. The number of H-pyrrole nitrogens is 1. The Morgan fingerprint density at radius 3 is 2.02 bits per heavy atom. The van der Waals surface area contributed by atoms with Crippen LogP contribution in [0.5, 0.6) is 0 Å². The summed E-state index contributed by atoms with van der Waals surface area (Å²) in [6, 6.07) is 5.51. The normalized spacial score (nSPS) is 16.3. The molecule has 0 radical (unpaired) electrons. The van der Waals surface area contributed by atoms with E-state index >= 15 is 0 Å². The van der Waals surface area contributed by atoms with E-state index in [0.717, 1.165) is 37.8 Å². The van der Waals surface area contributed by atoms with Gasteiger partial charge in [0, 0.05) is 31.4 Å². The number of methoxy groups -OCH3 is 2. The minimum Gasteiger partial charge on any atom is -0.453 e. The lowest BCUT2D eigenvalue weighted by molar-refractivity contribution is -0.134. The smallest absolute Gasteiger partial charge is 0.407 e. The highest BCUT2D eigenvalue weighted by Gasteiger charge is 2.39. The number of nitrogens with zero attached hydrogens (tertiary/aromatic N) is 2. The number of ether oxygens (including phenoxy) is 2. The third kappa shape index (κ3) is 12.9. The molecule has 1 aromatic heterocycles. The van der Waals surface area contributed by atoms with Crippen LogP contribution in [-0.2, 0) is 30.3 Å². The van der Waals surface area contributed by atoms with Crippen LogP contribution in [0.2, 0.25) is 0 Å². The van der Waals surface area contributed by atoms with E-state index in [-0.39, 0.29) is 36.5 Å². The highest BCUT2D eigenvalue weighted by molar-refractivity contribution is 5.88. The van der Waals surface area contributed by atoms with E-state index < -0.39 is 54.1 Å². The third-order valence-corrected chi connectivity index (χ3v) is 9.54. The molecule has 0 saturated heterocycles. The van der Waals surface area contributed by atoms with Crippen LogP contribution in [0.1, 0.15) is 83.6 Å². The van der Waals surface area contributed by atoms with Crippen LogP contribution in [0, 0.1) is 23.7 Å². The Hall–Kier alpha value is -4.50. The standard InChI is InChI=1S/C37H57N7O8/c1-23(2)30(41-36(49)51-5)34(47)40-32(33(46)26-15-11-8-12-16-26)28(29(45)18-17-27-19-38-22-39-27)21-44(20-25-13-9-7-10-14-25)43-35(48)31(24(3)4)42-37(50)52-6/h8,11-12,15-16,19,22-25,28,30-33,46H,7,9-10,13-14,17-18,20-21H2,1-6H3,(H,38,39)(H,40,47)(H,41,49)(H,42,50)(H,43,48)/t28?,30-,31-,32?,33?/m0/s1. The Labute approximate surface area is 306 Å². The highest BCUT2D eigenvalue weighted by atomic mass is 16.5. The molecule has 3 rings (SSSR count). The largest absolute Gasteiger partial charge is 0.453 e. The van der Waals surface area contributed by atoms with Gasteiger partial charge in [0.15, 0.2) is 0 Å². The van der Waals surface area contributed by atoms with Gasteiger partial charge < -0.3 is 35.5 Å². The first-order valence-corrected chi connectivity index (χ1v) is 18.1. The summed E-state index contributed by atoms with van der Waals surface area (Å²) < 4.78 is 9.53. The van der Waals surface area contributed by atoms with E-state index in [1.165, 1.54) is 20.5 Å². The first-order valence-electron chi connectivity index (χ1n) is 18.1. The van der Waals surface area contributed by atoms with Crippen molar-refractivity contribution in [1.82, 2.24) is 36.4 Å². The van der Waals surface area contributed by atoms with E-state index in [0.29, 0.717) is 18.5 Å². The maximum absolute atomic E-state index is 14.5. The SMILES string of the molecule is COC(=O)N[C@H](C(=O)NC(C(CN(CC1CCCCC1)NC(=O)[C@@H](NC(=O)OC)C(C)C)C(=O)CCc1cnc[nH]1)C(O)c1ccccc1)C(C)C. The van der Waals surface area contributed by atoms with Gasteiger partial charge in [0.25, 0.3) is 5.91 Å². The number of hydrogen-bond acceptors (Lipinski definition) is 10. The summed E-state index contributed by atoms with van der Waals surface area (Å²) in [5.74, 6) is -2.90. The number of aliphatic hydroxyl groups is 1. The number of ketones is 1. The minimum atomic E-state index is -1.35. The van der Waals surface area contributed by atoms with Crippen molar-refractivity contribution in [3.63, 3.8) is 0 Å². The minimum absolute atomic E-state index is 0.0402. The van der Waals surface area contributed by atoms with Gasteiger partial charge in [-0.2, -0.15) is 0 Å². The maximum atomic E-state index is 14.5. The number of aliphatic hydroxyl groups excluding tert-OH is 1. The summed E-state index contributed by atoms with van der Waals surface area (Å²) in [7, 11) is 2.41. The van der Waals surface area contributed by atoms with E-state index in [4.69, 9.17) is 9.47 Å². The van der Waals surface area contributed by atoms with Crippen molar-refractivity contribution >= 4 is 29.8 Å². The van der Waals surface area contributed by atoms with E-state index in [9.17, 15) is 29.1 Å². The topological polar surface area (TPSA) is 204 Å². The molecule has 0 aliphatic heterocycles. The molecule has 1 heterocycles. The fraction of sp³-hybridized carbons (Fsp3) is 0.622. The van der Waals surface area contributed by atoms with Crippen molar-refractivity contribution in [2.24, 2.45) is 23.7 Å². The van der Waals surface area contributed by atoms with Gasteiger partial charge >= 0.3 is 12.2 Å². The molecule has 15 heteroatoms. The second-order valence-electron chi connectivity index (χ2n) is 14.1. The zero-order valence-electron chi connectivity index (χ0n) is 31.2. The lowest BCUT2D eigenvalue weighted by Gasteiger charge is -2.38. The lowest BCUT2D eigenvalue weighted by atomic mass is 9.84. The van der Waals surface area contributed by atoms with Crippen molar-refractivity contribution in [2.75, 3.05) is 27.3 Å². The fourth-order valence-corrected chi connectivity index (χ4v) is 6.54. The van der Waals surface area contributed by atoms with Crippen molar-refractivity contribution in [2.45, 2.75) is 96.9 Å². The number of rotatable bonds is 19.